The van der Waals surface area contributed by atoms with Gasteiger partial charge in [0.2, 0.25) is 0 Å². The smallest absolute Gasteiger partial charge is 0.286 e. The summed E-state index contributed by atoms with van der Waals surface area (Å²) in [7, 11) is 1.94. The van der Waals surface area contributed by atoms with E-state index < -0.39 is 0 Å². The van der Waals surface area contributed by atoms with Crippen LogP contribution in [0, 0.1) is 0 Å². The van der Waals surface area contributed by atoms with Gasteiger partial charge < -0.3 is 5.11 Å². The average Bonchev–Trinajstić information content (AvgIpc) is 2.93. The summed E-state index contributed by atoms with van der Waals surface area (Å²) in [6.45, 7) is 2.72. The van der Waals surface area contributed by atoms with Gasteiger partial charge in [-0.2, -0.15) is 0 Å². The molecule has 1 fully saturated rings. The van der Waals surface area contributed by atoms with Gasteiger partial charge in [0, 0.05) is 13.6 Å². The summed E-state index contributed by atoms with van der Waals surface area (Å²) < 4.78 is 4.30. The average molecular weight is 442 g/mol. The molecule has 146 valence electrons. The molecule has 2 heterocycles. The number of nitrogens with zero attached hydrogens (tertiary/aromatic N) is 3. The number of para-hydroxylation sites is 1. The molecule has 1 aromatic heterocycles. The Morgan fingerprint density at radius 3 is 2.32 bits per heavy atom. The molecule has 0 saturated carbocycles. The number of hydrogen-bond acceptors (Lipinski definition) is 3. The number of halogens is 1. The van der Waals surface area contributed by atoms with Gasteiger partial charge in [-0.15, -0.1) is 0 Å². The highest BCUT2D eigenvalue weighted by Gasteiger charge is 2.24. The summed E-state index contributed by atoms with van der Waals surface area (Å²) in [5.74, 6) is 0.841. The fourth-order valence-electron chi connectivity index (χ4n) is 4.03. The van der Waals surface area contributed by atoms with E-state index in [1.807, 2.05) is 54.2 Å². The Balaban J connectivity index is 1.49. The number of benzene rings is 2. The second-order valence-electron chi connectivity index (χ2n) is 7.38. The monoisotopic (exact) mass is 441 g/mol. The van der Waals surface area contributed by atoms with Crippen molar-refractivity contribution >= 4 is 15.9 Å². The Bertz CT molecular complexity index is 1000. The molecule has 0 amide bonds. The lowest BCUT2D eigenvalue weighted by Gasteiger charge is -2.32. The standard InChI is InChI=1S/C22H24BrN3O2/c1-24-20(21(23)22(28)26(24)18-5-3-2-4-6-18)15-25-13-11-17(12-14-25)16-7-9-19(27)10-8-16/h2-10,17,27H,11-15H2,1H3. The van der Waals surface area contributed by atoms with E-state index in [1.54, 1.807) is 16.8 Å². The van der Waals surface area contributed by atoms with Gasteiger partial charge in [0.05, 0.1) is 11.4 Å². The number of rotatable bonds is 4. The molecule has 2 aromatic carbocycles. The van der Waals surface area contributed by atoms with Crippen LogP contribution in [0.1, 0.15) is 30.0 Å². The number of phenols is 1. The number of phenolic OH excluding ortho intramolecular Hbond substituents is 1. The van der Waals surface area contributed by atoms with Crippen LogP contribution >= 0.6 is 15.9 Å². The maximum Gasteiger partial charge on any atom is 0.286 e. The molecule has 0 aliphatic carbocycles. The SMILES string of the molecule is Cn1c(CN2CCC(c3ccc(O)cc3)CC2)c(Br)c(=O)n1-c1ccccc1. The highest BCUT2D eigenvalue weighted by Crippen LogP contribution is 2.30. The van der Waals surface area contributed by atoms with Crippen molar-refractivity contribution in [2.75, 3.05) is 13.1 Å². The second-order valence-corrected chi connectivity index (χ2v) is 8.17. The minimum absolute atomic E-state index is 0.0253. The van der Waals surface area contributed by atoms with E-state index in [-0.39, 0.29) is 5.56 Å². The highest BCUT2D eigenvalue weighted by molar-refractivity contribution is 9.10. The first-order valence-corrected chi connectivity index (χ1v) is 10.4. The van der Waals surface area contributed by atoms with Gasteiger partial charge in [0.1, 0.15) is 10.2 Å². The summed E-state index contributed by atoms with van der Waals surface area (Å²) in [5.41, 5.74) is 3.13. The zero-order valence-electron chi connectivity index (χ0n) is 15.9. The number of hydrogen-bond donors (Lipinski definition) is 1. The molecular weight excluding hydrogens is 418 g/mol. The zero-order chi connectivity index (χ0) is 19.7. The Hall–Kier alpha value is -2.31. The van der Waals surface area contributed by atoms with E-state index in [4.69, 9.17) is 0 Å². The van der Waals surface area contributed by atoms with Gasteiger partial charge in [-0.05, 0) is 77.6 Å². The Labute approximate surface area is 172 Å². The number of aromatic hydroxyl groups is 1. The molecular formula is C22H24BrN3O2. The van der Waals surface area contributed by atoms with Crippen molar-refractivity contribution in [1.29, 1.82) is 0 Å². The van der Waals surface area contributed by atoms with Crippen LogP contribution in [0.3, 0.4) is 0 Å². The summed E-state index contributed by atoms with van der Waals surface area (Å²) in [6.07, 6.45) is 2.16. The lowest BCUT2D eigenvalue weighted by atomic mass is 9.89. The van der Waals surface area contributed by atoms with E-state index in [0.717, 1.165) is 43.9 Å². The third kappa shape index (κ3) is 3.66. The van der Waals surface area contributed by atoms with Crippen LogP contribution in [0.15, 0.2) is 63.9 Å². The van der Waals surface area contributed by atoms with Crippen LogP contribution in [-0.2, 0) is 13.6 Å². The Morgan fingerprint density at radius 1 is 1.04 bits per heavy atom. The van der Waals surface area contributed by atoms with Gasteiger partial charge in [-0.25, -0.2) is 4.68 Å². The maximum atomic E-state index is 12.8. The number of piperidine rings is 1. The first-order chi connectivity index (χ1) is 13.5. The quantitative estimate of drug-likeness (QED) is 0.664. The summed E-state index contributed by atoms with van der Waals surface area (Å²) in [6, 6.07) is 17.3. The molecule has 4 rings (SSSR count). The molecule has 0 unspecified atom stereocenters. The predicted octanol–water partition coefficient (Wildman–Crippen LogP) is 4.02. The topological polar surface area (TPSA) is 50.4 Å². The molecule has 1 N–H and O–H groups in total. The van der Waals surface area contributed by atoms with Gasteiger partial charge in [0.15, 0.2) is 0 Å². The lowest BCUT2D eigenvalue weighted by Crippen LogP contribution is -2.33. The van der Waals surface area contributed by atoms with Crippen molar-refractivity contribution in [1.82, 2.24) is 14.3 Å². The number of likely N-dealkylation sites (tertiary alicyclic amines) is 1. The molecule has 0 bridgehead atoms. The summed E-state index contributed by atoms with van der Waals surface area (Å²) >= 11 is 3.53. The van der Waals surface area contributed by atoms with Gasteiger partial charge in [-0.3, -0.25) is 14.4 Å². The van der Waals surface area contributed by atoms with Crippen molar-refractivity contribution in [3.63, 3.8) is 0 Å². The van der Waals surface area contributed by atoms with Crippen molar-refractivity contribution in [2.45, 2.75) is 25.3 Å². The highest BCUT2D eigenvalue weighted by atomic mass is 79.9. The van der Waals surface area contributed by atoms with E-state index in [2.05, 4.69) is 20.8 Å². The number of aromatic nitrogens is 2. The van der Waals surface area contributed by atoms with Crippen LogP contribution in [-0.4, -0.2) is 32.5 Å². The van der Waals surface area contributed by atoms with Crippen LogP contribution in [0.5, 0.6) is 5.75 Å². The fourth-order valence-corrected chi connectivity index (χ4v) is 4.58. The molecule has 1 aliphatic rings. The molecule has 1 aliphatic heterocycles. The first kappa shape index (κ1) is 19.0. The van der Waals surface area contributed by atoms with Crippen LogP contribution in [0.4, 0.5) is 0 Å². The van der Waals surface area contributed by atoms with E-state index in [1.165, 1.54) is 5.56 Å². The molecule has 1 saturated heterocycles. The van der Waals surface area contributed by atoms with Crippen molar-refractivity contribution in [3.05, 3.63) is 80.7 Å². The minimum atomic E-state index is -0.0253. The normalized spacial score (nSPS) is 15.8. The lowest BCUT2D eigenvalue weighted by molar-refractivity contribution is 0.199. The van der Waals surface area contributed by atoms with Crippen molar-refractivity contribution in [3.8, 4) is 11.4 Å². The third-order valence-electron chi connectivity index (χ3n) is 5.65. The molecule has 5 nitrogen and oxygen atoms in total. The Kier molecular flexibility index (Phi) is 5.42. The first-order valence-electron chi connectivity index (χ1n) is 9.57. The van der Waals surface area contributed by atoms with Crippen LogP contribution < -0.4 is 5.56 Å². The molecule has 3 aromatic rings. The van der Waals surface area contributed by atoms with Crippen LogP contribution in [0.2, 0.25) is 0 Å². The zero-order valence-corrected chi connectivity index (χ0v) is 17.5. The molecule has 6 heteroatoms. The molecule has 0 spiro atoms. The third-order valence-corrected chi connectivity index (χ3v) is 6.45. The van der Waals surface area contributed by atoms with E-state index in [9.17, 15) is 9.90 Å². The van der Waals surface area contributed by atoms with Gasteiger partial charge >= 0.3 is 0 Å². The van der Waals surface area contributed by atoms with Crippen LogP contribution in [0.25, 0.3) is 5.69 Å². The van der Waals surface area contributed by atoms with Crippen molar-refractivity contribution < 1.29 is 5.11 Å². The summed E-state index contributed by atoms with van der Waals surface area (Å²) in [5, 5.41) is 9.48. The predicted molar refractivity (Wildman–Crippen MR) is 114 cm³/mol. The second kappa shape index (κ2) is 7.97. The van der Waals surface area contributed by atoms with E-state index in [0.29, 0.717) is 16.1 Å². The largest absolute Gasteiger partial charge is 0.508 e. The van der Waals surface area contributed by atoms with Crippen molar-refractivity contribution in [2.24, 2.45) is 7.05 Å². The van der Waals surface area contributed by atoms with Gasteiger partial charge in [-0.1, -0.05) is 30.3 Å². The minimum Gasteiger partial charge on any atom is -0.508 e. The molecule has 28 heavy (non-hydrogen) atoms. The van der Waals surface area contributed by atoms with E-state index >= 15 is 0 Å². The van der Waals surface area contributed by atoms with Gasteiger partial charge in [0.25, 0.3) is 5.56 Å². The maximum absolute atomic E-state index is 12.8. The molecule has 0 radical (unpaired) electrons. The Morgan fingerprint density at radius 2 is 1.68 bits per heavy atom. The molecule has 0 atom stereocenters. The fraction of sp³-hybridized carbons (Fsp3) is 0.318. The summed E-state index contributed by atoms with van der Waals surface area (Å²) in [4.78, 5) is 15.2.